The molecule has 148 valence electrons. The van der Waals surface area contributed by atoms with E-state index in [2.05, 4.69) is 10.4 Å². The Labute approximate surface area is 177 Å². The molecule has 5 nitrogen and oxygen atoms in total. The van der Waals surface area contributed by atoms with Crippen LogP contribution in [0.5, 0.6) is 0 Å². The molecule has 2 heterocycles. The number of benzene rings is 1. The van der Waals surface area contributed by atoms with Gasteiger partial charge >= 0.3 is 0 Å². The molecule has 0 bridgehead atoms. The van der Waals surface area contributed by atoms with Gasteiger partial charge in [-0.1, -0.05) is 29.3 Å². The molecular formula is C20H21Cl2N3O2S. The van der Waals surface area contributed by atoms with E-state index in [1.165, 1.54) is 11.3 Å². The number of carbonyl (C=O) groups is 1. The monoisotopic (exact) mass is 437 g/mol. The van der Waals surface area contributed by atoms with Crippen molar-refractivity contribution in [2.75, 3.05) is 0 Å². The predicted molar refractivity (Wildman–Crippen MR) is 114 cm³/mol. The van der Waals surface area contributed by atoms with Gasteiger partial charge in [0.2, 0.25) is 0 Å². The van der Waals surface area contributed by atoms with Crippen molar-refractivity contribution in [3.8, 4) is 0 Å². The number of carbonyl (C=O) groups excluding carboxylic acids is 1. The number of fused-ring (bicyclic) bond motifs is 1. The quantitative estimate of drug-likeness (QED) is 0.615. The van der Waals surface area contributed by atoms with E-state index in [1.54, 1.807) is 6.07 Å². The summed E-state index contributed by atoms with van der Waals surface area (Å²) in [7, 11) is 0. The van der Waals surface area contributed by atoms with Crippen LogP contribution in [-0.2, 0) is 6.54 Å². The van der Waals surface area contributed by atoms with Crippen LogP contribution in [0.2, 0.25) is 10.0 Å². The molecule has 1 fully saturated rings. The van der Waals surface area contributed by atoms with E-state index in [-0.39, 0.29) is 18.1 Å². The fourth-order valence-corrected chi connectivity index (χ4v) is 5.15. The second kappa shape index (κ2) is 8.03. The molecule has 0 spiro atoms. The number of aryl methyl sites for hydroxylation is 1. The predicted octanol–water partition coefficient (Wildman–Crippen LogP) is 4.79. The number of rotatable bonds is 4. The Balaban J connectivity index is 1.55. The van der Waals surface area contributed by atoms with Crippen LogP contribution in [-0.4, -0.2) is 32.9 Å². The second-order valence-corrected chi connectivity index (χ2v) is 9.16. The highest BCUT2D eigenvalue weighted by Gasteiger charge is 2.23. The molecule has 2 N–H and O–H groups in total. The molecule has 1 aliphatic rings. The van der Waals surface area contributed by atoms with Gasteiger partial charge in [-0.25, -0.2) is 0 Å². The molecule has 0 aliphatic heterocycles. The van der Waals surface area contributed by atoms with E-state index in [0.717, 1.165) is 47.2 Å². The molecule has 4 rings (SSSR count). The average molecular weight is 438 g/mol. The fourth-order valence-electron chi connectivity index (χ4n) is 3.62. The largest absolute Gasteiger partial charge is 0.393 e. The van der Waals surface area contributed by atoms with Gasteiger partial charge in [-0.2, -0.15) is 5.10 Å². The molecule has 28 heavy (non-hydrogen) atoms. The number of amides is 1. The minimum atomic E-state index is -0.231. The highest BCUT2D eigenvalue weighted by molar-refractivity contribution is 7.20. The highest BCUT2D eigenvalue weighted by Crippen LogP contribution is 2.30. The molecule has 0 atom stereocenters. The van der Waals surface area contributed by atoms with Crippen LogP contribution in [0, 0.1) is 6.92 Å². The summed E-state index contributed by atoms with van der Waals surface area (Å²) in [6, 6.07) is 7.47. The molecule has 1 amide bonds. The highest BCUT2D eigenvalue weighted by atomic mass is 35.5. The van der Waals surface area contributed by atoms with Gasteiger partial charge in [0, 0.05) is 21.5 Å². The number of thiophene rings is 1. The van der Waals surface area contributed by atoms with Crippen molar-refractivity contribution in [3.63, 3.8) is 0 Å². The maximum atomic E-state index is 12.7. The van der Waals surface area contributed by atoms with Crippen molar-refractivity contribution in [1.82, 2.24) is 15.1 Å². The third-order valence-electron chi connectivity index (χ3n) is 5.20. The lowest BCUT2D eigenvalue weighted by Gasteiger charge is -2.25. The smallest absolute Gasteiger partial charge is 0.261 e. The number of halogens is 2. The summed E-state index contributed by atoms with van der Waals surface area (Å²) in [5.74, 6) is -0.0573. The van der Waals surface area contributed by atoms with Gasteiger partial charge in [-0.15, -0.1) is 11.3 Å². The van der Waals surface area contributed by atoms with Gasteiger partial charge < -0.3 is 10.4 Å². The van der Waals surface area contributed by atoms with Gasteiger partial charge in [-0.3, -0.25) is 9.48 Å². The first-order valence-electron chi connectivity index (χ1n) is 9.30. The minimum Gasteiger partial charge on any atom is -0.393 e. The molecule has 0 radical (unpaired) electrons. The lowest BCUT2D eigenvalue weighted by Crippen LogP contribution is -2.38. The van der Waals surface area contributed by atoms with E-state index in [1.807, 2.05) is 29.8 Å². The van der Waals surface area contributed by atoms with Gasteiger partial charge in [0.25, 0.3) is 5.91 Å². The summed E-state index contributed by atoms with van der Waals surface area (Å²) >= 11 is 13.7. The summed E-state index contributed by atoms with van der Waals surface area (Å²) in [5, 5.41) is 19.5. The molecule has 1 aromatic carbocycles. The standard InChI is InChI=1S/C20H21Cl2N3O2S/c1-11-16-9-18(19(27)23-14-4-6-15(26)7-5-14)28-20(16)25(24-11)10-12-2-3-13(21)8-17(12)22/h2-3,8-9,14-15,26H,4-7,10H2,1H3,(H,23,27). The summed E-state index contributed by atoms with van der Waals surface area (Å²) in [6.45, 7) is 2.46. The van der Waals surface area contributed by atoms with E-state index in [0.29, 0.717) is 21.5 Å². The number of hydrogen-bond acceptors (Lipinski definition) is 4. The summed E-state index contributed by atoms with van der Waals surface area (Å²) < 4.78 is 1.89. The maximum absolute atomic E-state index is 12.7. The van der Waals surface area contributed by atoms with Crippen LogP contribution in [0.1, 0.15) is 46.6 Å². The van der Waals surface area contributed by atoms with Crippen LogP contribution in [0.4, 0.5) is 0 Å². The second-order valence-electron chi connectivity index (χ2n) is 7.29. The van der Waals surface area contributed by atoms with Crippen molar-refractivity contribution in [3.05, 3.63) is 50.4 Å². The van der Waals surface area contributed by atoms with E-state index < -0.39 is 0 Å². The van der Waals surface area contributed by atoms with Crippen molar-refractivity contribution in [1.29, 1.82) is 0 Å². The average Bonchev–Trinajstić information content (AvgIpc) is 3.21. The van der Waals surface area contributed by atoms with Crippen LogP contribution < -0.4 is 5.32 Å². The van der Waals surface area contributed by atoms with E-state index in [4.69, 9.17) is 23.2 Å². The van der Waals surface area contributed by atoms with E-state index in [9.17, 15) is 9.90 Å². The number of aliphatic hydroxyl groups excluding tert-OH is 1. The Bertz CT molecular complexity index is 1020. The van der Waals surface area contributed by atoms with Gasteiger partial charge in [0.05, 0.1) is 23.2 Å². The zero-order valence-corrected chi connectivity index (χ0v) is 17.7. The normalized spacial score (nSPS) is 19.9. The first-order chi connectivity index (χ1) is 13.4. The van der Waals surface area contributed by atoms with Gasteiger partial charge in [0.1, 0.15) is 4.83 Å². The molecule has 0 unspecified atom stereocenters. The molecule has 2 aromatic heterocycles. The molecular weight excluding hydrogens is 417 g/mol. The summed E-state index contributed by atoms with van der Waals surface area (Å²) in [4.78, 5) is 14.3. The minimum absolute atomic E-state index is 0.0573. The topological polar surface area (TPSA) is 67.2 Å². The van der Waals surface area contributed by atoms with Crippen molar-refractivity contribution in [2.45, 2.75) is 51.3 Å². The van der Waals surface area contributed by atoms with Gasteiger partial charge in [-0.05, 0) is 56.4 Å². The first kappa shape index (κ1) is 19.7. The zero-order chi connectivity index (χ0) is 19.8. The third kappa shape index (κ3) is 4.06. The molecule has 1 saturated carbocycles. The fraction of sp³-hybridized carbons (Fsp3) is 0.400. The zero-order valence-electron chi connectivity index (χ0n) is 15.4. The number of aliphatic hydroxyl groups is 1. The lowest BCUT2D eigenvalue weighted by molar-refractivity contribution is 0.0871. The van der Waals surface area contributed by atoms with Crippen molar-refractivity contribution < 1.29 is 9.90 Å². The van der Waals surface area contributed by atoms with E-state index >= 15 is 0 Å². The summed E-state index contributed by atoms with van der Waals surface area (Å²) in [6.07, 6.45) is 2.89. The Morgan fingerprint density at radius 2 is 2.04 bits per heavy atom. The SMILES string of the molecule is Cc1nn(Cc2ccc(Cl)cc2Cl)c2sc(C(=O)NC3CCC(O)CC3)cc12. The maximum Gasteiger partial charge on any atom is 0.261 e. The molecule has 8 heteroatoms. The third-order valence-corrected chi connectivity index (χ3v) is 6.93. The Morgan fingerprint density at radius 1 is 1.29 bits per heavy atom. The Kier molecular flexibility index (Phi) is 5.65. The summed E-state index contributed by atoms with van der Waals surface area (Å²) in [5.41, 5.74) is 1.81. The van der Waals surface area contributed by atoms with Gasteiger partial charge in [0.15, 0.2) is 0 Å². The van der Waals surface area contributed by atoms with Crippen LogP contribution in [0.3, 0.4) is 0 Å². The molecule has 1 aliphatic carbocycles. The number of hydrogen-bond donors (Lipinski definition) is 2. The Morgan fingerprint density at radius 3 is 2.75 bits per heavy atom. The van der Waals surface area contributed by atoms with Crippen LogP contribution >= 0.6 is 34.5 Å². The number of nitrogens with zero attached hydrogens (tertiary/aromatic N) is 2. The van der Waals surface area contributed by atoms with Crippen LogP contribution in [0.25, 0.3) is 10.2 Å². The number of aromatic nitrogens is 2. The van der Waals surface area contributed by atoms with Crippen LogP contribution in [0.15, 0.2) is 24.3 Å². The number of nitrogens with one attached hydrogen (secondary N) is 1. The lowest BCUT2D eigenvalue weighted by atomic mass is 9.93. The molecule has 0 saturated heterocycles. The van der Waals surface area contributed by atoms with Crippen molar-refractivity contribution >= 4 is 50.7 Å². The first-order valence-corrected chi connectivity index (χ1v) is 10.9. The Hall–Kier alpha value is -1.60. The molecule has 3 aromatic rings. The van der Waals surface area contributed by atoms with Crippen molar-refractivity contribution in [2.24, 2.45) is 0 Å².